The van der Waals surface area contributed by atoms with Crippen LogP contribution >= 0.6 is 0 Å². The zero-order valence-electron chi connectivity index (χ0n) is 16.6. The van der Waals surface area contributed by atoms with Crippen molar-refractivity contribution in [2.24, 2.45) is 5.92 Å². The molecule has 0 spiro atoms. The second-order valence-electron chi connectivity index (χ2n) is 7.68. The van der Waals surface area contributed by atoms with Crippen molar-refractivity contribution < 1.29 is 9.53 Å². The molecule has 0 saturated carbocycles. The summed E-state index contributed by atoms with van der Waals surface area (Å²) in [6, 6.07) is 16.4. The van der Waals surface area contributed by atoms with Gasteiger partial charge in [-0.1, -0.05) is 57.2 Å². The second kappa shape index (κ2) is 8.88. The quantitative estimate of drug-likeness (QED) is 0.709. The first kappa shape index (κ1) is 20.0. The molecule has 0 fully saturated rings. The van der Waals surface area contributed by atoms with E-state index in [-0.39, 0.29) is 5.91 Å². The molecule has 0 radical (unpaired) electrons. The topological polar surface area (TPSA) is 38.3 Å². The van der Waals surface area contributed by atoms with Gasteiger partial charge in [0.05, 0.1) is 12.0 Å². The van der Waals surface area contributed by atoms with Crippen molar-refractivity contribution in [3.8, 4) is 16.9 Å². The minimum absolute atomic E-state index is 0.0638. The molecule has 0 aliphatic carbocycles. The van der Waals surface area contributed by atoms with Crippen LogP contribution in [0.5, 0.6) is 5.75 Å². The van der Waals surface area contributed by atoms with Gasteiger partial charge in [-0.2, -0.15) is 0 Å². The molecular formula is C23H31NO2. The van der Waals surface area contributed by atoms with E-state index in [1.165, 1.54) is 0 Å². The molecule has 2 aromatic carbocycles. The van der Waals surface area contributed by atoms with Crippen molar-refractivity contribution >= 4 is 5.91 Å². The highest BCUT2D eigenvalue weighted by Gasteiger charge is 2.29. The van der Waals surface area contributed by atoms with Gasteiger partial charge in [-0.05, 0) is 55.0 Å². The summed E-state index contributed by atoms with van der Waals surface area (Å²) in [6.07, 6.45) is 0.993. The second-order valence-corrected chi connectivity index (χ2v) is 7.68. The summed E-state index contributed by atoms with van der Waals surface area (Å²) in [6.45, 7) is 11.7. The molecule has 1 amide bonds. The Morgan fingerprint density at radius 2 is 1.77 bits per heavy atom. The maximum Gasteiger partial charge on any atom is 0.230 e. The van der Waals surface area contributed by atoms with Crippen LogP contribution in [0.15, 0.2) is 48.5 Å². The molecule has 3 nitrogen and oxygen atoms in total. The SMILES string of the molecule is CCCOc1cccc(-c2ccc(C(C)(C)C(=O)NCC(C)C)cc2)c1. The van der Waals surface area contributed by atoms with E-state index in [0.29, 0.717) is 12.5 Å². The summed E-state index contributed by atoms with van der Waals surface area (Å²) >= 11 is 0. The van der Waals surface area contributed by atoms with Crippen LogP contribution < -0.4 is 10.1 Å². The van der Waals surface area contributed by atoms with Crippen LogP contribution in [0.1, 0.15) is 46.6 Å². The fraction of sp³-hybridized carbons (Fsp3) is 0.435. The molecule has 0 saturated heterocycles. The zero-order valence-corrected chi connectivity index (χ0v) is 16.6. The van der Waals surface area contributed by atoms with Crippen LogP contribution in [0.2, 0.25) is 0 Å². The lowest BCUT2D eigenvalue weighted by Gasteiger charge is -2.25. The van der Waals surface area contributed by atoms with Gasteiger partial charge in [-0.15, -0.1) is 0 Å². The normalized spacial score (nSPS) is 11.5. The average molecular weight is 354 g/mol. The van der Waals surface area contributed by atoms with Gasteiger partial charge in [0.25, 0.3) is 0 Å². The molecular weight excluding hydrogens is 322 g/mol. The molecule has 3 heteroatoms. The van der Waals surface area contributed by atoms with Crippen molar-refractivity contribution in [3.05, 3.63) is 54.1 Å². The Morgan fingerprint density at radius 1 is 1.08 bits per heavy atom. The Kier molecular flexibility index (Phi) is 6.84. The van der Waals surface area contributed by atoms with E-state index in [9.17, 15) is 4.79 Å². The third-order valence-corrected chi connectivity index (χ3v) is 4.49. The molecule has 1 N–H and O–H groups in total. The molecule has 0 aliphatic heterocycles. The Balaban J connectivity index is 2.16. The Hall–Kier alpha value is -2.29. The van der Waals surface area contributed by atoms with Crippen molar-refractivity contribution in [2.75, 3.05) is 13.2 Å². The fourth-order valence-electron chi connectivity index (χ4n) is 2.71. The third-order valence-electron chi connectivity index (χ3n) is 4.49. The minimum atomic E-state index is -0.556. The monoisotopic (exact) mass is 353 g/mol. The average Bonchev–Trinajstić information content (AvgIpc) is 2.64. The van der Waals surface area contributed by atoms with Crippen molar-refractivity contribution in [2.45, 2.75) is 46.5 Å². The van der Waals surface area contributed by atoms with Crippen LogP contribution in [-0.4, -0.2) is 19.1 Å². The highest BCUT2D eigenvalue weighted by molar-refractivity contribution is 5.87. The largest absolute Gasteiger partial charge is 0.494 e. The van der Waals surface area contributed by atoms with Gasteiger partial charge in [-0.3, -0.25) is 4.79 Å². The molecule has 0 bridgehead atoms. The van der Waals surface area contributed by atoms with Gasteiger partial charge in [0, 0.05) is 6.54 Å². The predicted molar refractivity (Wildman–Crippen MR) is 109 cm³/mol. The Morgan fingerprint density at radius 3 is 2.38 bits per heavy atom. The molecule has 2 aromatic rings. The number of benzene rings is 2. The number of hydrogen-bond donors (Lipinski definition) is 1. The van der Waals surface area contributed by atoms with E-state index < -0.39 is 5.41 Å². The standard InChI is InChI=1S/C23H31NO2/c1-6-14-26-21-9-7-8-19(15-21)18-10-12-20(13-11-18)23(4,5)22(25)24-16-17(2)3/h7-13,15,17H,6,14,16H2,1-5H3,(H,24,25). The van der Waals surface area contributed by atoms with Gasteiger partial charge in [-0.25, -0.2) is 0 Å². The maximum absolute atomic E-state index is 12.5. The van der Waals surface area contributed by atoms with Crippen molar-refractivity contribution in [3.63, 3.8) is 0 Å². The number of amides is 1. The van der Waals surface area contributed by atoms with Gasteiger partial charge in [0.1, 0.15) is 5.75 Å². The number of carbonyl (C=O) groups excluding carboxylic acids is 1. The van der Waals surface area contributed by atoms with Gasteiger partial charge in [0.2, 0.25) is 5.91 Å². The van der Waals surface area contributed by atoms with E-state index in [1.54, 1.807) is 0 Å². The first-order valence-electron chi connectivity index (χ1n) is 9.46. The highest BCUT2D eigenvalue weighted by Crippen LogP contribution is 2.28. The molecule has 0 unspecified atom stereocenters. The Labute approximate surface area is 157 Å². The molecule has 0 aromatic heterocycles. The Bertz CT molecular complexity index is 717. The van der Waals surface area contributed by atoms with Crippen molar-refractivity contribution in [1.29, 1.82) is 0 Å². The van der Waals surface area contributed by atoms with Crippen LogP contribution in [0.3, 0.4) is 0 Å². The van der Waals surface area contributed by atoms with E-state index in [4.69, 9.17) is 4.74 Å². The fourth-order valence-corrected chi connectivity index (χ4v) is 2.71. The van der Waals surface area contributed by atoms with Crippen LogP contribution in [0, 0.1) is 5.92 Å². The summed E-state index contributed by atoms with van der Waals surface area (Å²) in [7, 11) is 0. The van der Waals surface area contributed by atoms with Crippen LogP contribution in [0.4, 0.5) is 0 Å². The first-order valence-corrected chi connectivity index (χ1v) is 9.46. The summed E-state index contributed by atoms with van der Waals surface area (Å²) in [4.78, 5) is 12.5. The van der Waals surface area contributed by atoms with E-state index in [2.05, 4.69) is 50.4 Å². The number of rotatable bonds is 8. The number of ether oxygens (including phenoxy) is 1. The molecule has 26 heavy (non-hydrogen) atoms. The number of nitrogens with one attached hydrogen (secondary N) is 1. The van der Waals surface area contributed by atoms with E-state index >= 15 is 0 Å². The smallest absolute Gasteiger partial charge is 0.230 e. The lowest BCUT2D eigenvalue weighted by atomic mass is 9.83. The van der Waals surface area contributed by atoms with Gasteiger partial charge >= 0.3 is 0 Å². The minimum Gasteiger partial charge on any atom is -0.494 e. The lowest BCUT2D eigenvalue weighted by molar-refractivity contribution is -0.125. The summed E-state index contributed by atoms with van der Waals surface area (Å²) < 4.78 is 5.72. The van der Waals surface area contributed by atoms with Crippen LogP contribution in [0.25, 0.3) is 11.1 Å². The van der Waals surface area contributed by atoms with Gasteiger partial charge in [0.15, 0.2) is 0 Å². The lowest BCUT2D eigenvalue weighted by Crippen LogP contribution is -2.41. The highest BCUT2D eigenvalue weighted by atomic mass is 16.5. The molecule has 0 aliphatic rings. The summed E-state index contributed by atoms with van der Waals surface area (Å²) in [5, 5.41) is 3.04. The third kappa shape index (κ3) is 5.10. The molecule has 2 rings (SSSR count). The molecule has 140 valence electrons. The molecule has 0 atom stereocenters. The number of carbonyl (C=O) groups is 1. The summed E-state index contributed by atoms with van der Waals surface area (Å²) in [5.74, 6) is 1.40. The zero-order chi connectivity index (χ0) is 19.2. The van der Waals surface area contributed by atoms with Crippen molar-refractivity contribution in [1.82, 2.24) is 5.32 Å². The predicted octanol–water partition coefficient (Wildman–Crippen LogP) is 5.19. The van der Waals surface area contributed by atoms with E-state index in [0.717, 1.165) is 35.5 Å². The van der Waals surface area contributed by atoms with E-state index in [1.807, 2.05) is 38.1 Å². The maximum atomic E-state index is 12.5. The van der Waals surface area contributed by atoms with Gasteiger partial charge < -0.3 is 10.1 Å². The van der Waals surface area contributed by atoms with Crippen LogP contribution in [-0.2, 0) is 10.2 Å². The number of hydrogen-bond acceptors (Lipinski definition) is 2. The first-order chi connectivity index (χ1) is 12.3. The molecule has 0 heterocycles. The summed E-state index contributed by atoms with van der Waals surface area (Å²) in [5.41, 5.74) is 2.70.